The summed E-state index contributed by atoms with van der Waals surface area (Å²) in [5.74, 6) is 0.302. The van der Waals surface area contributed by atoms with Crippen LogP contribution in [0.1, 0.15) is 47.5 Å². The average Bonchev–Trinajstić information content (AvgIpc) is 1.96. The van der Waals surface area contributed by atoms with Gasteiger partial charge in [0.2, 0.25) is 0 Å². The van der Waals surface area contributed by atoms with E-state index in [1.165, 1.54) is 0 Å². The first-order chi connectivity index (χ1) is 6.58. The maximum atomic E-state index is 11.8. The van der Waals surface area contributed by atoms with E-state index >= 15 is 0 Å². The molecular formula is C11H23NO2S. The Morgan fingerprint density at radius 1 is 1.20 bits per heavy atom. The van der Waals surface area contributed by atoms with Crippen LogP contribution < -0.4 is 5.32 Å². The molecule has 1 rings (SSSR count). The van der Waals surface area contributed by atoms with Gasteiger partial charge in [-0.25, -0.2) is 8.42 Å². The van der Waals surface area contributed by atoms with E-state index in [1.807, 2.05) is 13.8 Å². The van der Waals surface area contributed by atoms with Gasteiger partial charge >= 0.3 is 0 Å². The molecule has 0 aromatic rings. The van der Waals surface area contributed by atoms with Gasteiger partial charge in [-0.3, -0.25) is 0 Å². The lowest BCUT2D eigenvalue weighted by Gasteiger charge is -2.43. The smallest absolute Gasteiger partial charge is 0.155 e. The lowest BCUT2D eigenvalue weighted by Crippen LogP contribution is -2.57. The Morgan fingerprint density at radius 2 is 1.73 bits per heavy atom. The molecule has 0 spiro atoms. The Bertz CT molecular complexity index is 332. The summed E-state index contributed by atoms with van der Waals surface area (Å²) in [5.41, 5.74) is -0.0387. The maximum Gasteiger partial charge on any atom is 0.155 e. The van der Waals surface area contributed by atoms with Gasteiger partial charge in [-0.2, -0.15) is 0 Å². The number of hydrogen-bond donors (Lipinski definition) is 1. The van der Waals surface area contributed by atoms with Crippen LogP contribution in [0.25, 0.3) is 0 Å². The van der Waals surface area contributed by atoms with Crippen molar-refractivity contribution in [1.29, 1.82) is 0 Å². The predicted octanol–water partition coefficient (Wildman–Crippen LogP) is 1.73. The molecule has 1 unspecified atom stereocenters. The van der Waals surface area contributed by atoms with E-state index in [0.29, 0.717) is 18.2 Å². The molecule has 1 atom stereocenters. The predicted molar refractivity (Wildman–Crippen MR) is 63.8 cm³/mol. The molecule has 0 saturated carbocycles. The second kappa shape index (κ2) is 3.74. The molecule has 1 N–H and O–H groups in total. The number of hydrogen-bond acceptors (Lipinski definition) is 3. The van der Waals surface area contributed by atoms with Crippen molar-refractivity contribution in [2.75, 3.05) is 5.75 Å². The minimum absolute atomic E-state index is 0.0387. The van der Waals surface area contributed by atoms with Crippen LogP contribution in [0, 0.1) is 0 Å². The zero-order chi connectivity index (χ0) is 11.9. The van der Waals surface area contributed by atoms with Gasteiger partial charge in [-0.1, -0.05) is 13.8 Å². The Hall–Kier alpha value is -0.0900. The fourth-order valence-electron chi connectivity index (χ4n) is 2.59. The summed E-state index contributed by atoms with van der Waals surface area (Å²) in [6, 6.07) is 0.395. The first kappa shape index (κ1) is 13.0. The van der Waals surface area contributed by atoms with E-state index in [-0.39, 0.29) is 5.54 Å². The summed E-state index contributed by atoms with van der Waals surface area (Å²) in [6.45, 7) is 10.00. The van der Waals surface area contributed by atoms with Crippen molar-refractivity contribution in [3.05, 3.63) is 0 Å². The molecule has 0 amide bonds. The highest BCUT2D eigenvalue weighted by Gasteiger charge is 2.46. The number of rotatable bonds is 2. The van der Waals surface area contributed by atoms with E-state index < -0.39 is 14.6 Å². The molecule has 1 aliphatic rings. The summed E-state index contributed by atoms with van der Waals surface area (Å²) in [5, 5.41) is 3.49. The molecule has 90 valence electrons. The van der Waals surface area contributed by atoms with E-state index in [4.69, 9.17) is 0 Å². The van der Waals surface area contributed by atoms with Crippen molar-refractivity contribution in [2.45, 2.75) is 63.8 Å². The standard InChI is InChI=1S/C11H23NO2S/c1-9(2)12-11(5)6-7-15(13,14)10(3,4)8-11/h9,12H,6-8H2,1-5H3. The lowest BCUT2D eigenvalue weighted by atomic mass is 9.86. The molecule has 4 heteroatoms. The molecule has 0 bridgehead atoms. The third kappa shape index (κ3) is 2.72. The monoisotopic (exact) mass is 233 g/mol. The number of nitrogens with one attached hydrogen (secondary N) is 1. The SMILES string of the molecule is CC(C)NC1(C)CCS(=O)(=O)C(C)(C)C1. The summed E-state index contributed by atoms with van der Waals surface area (Å²) in [7, 11) is -2.91. The van der Waals surface area contributed by atoms with Crippen molar-refractivity contribution in [3.63, 3.8) is 0 Å². The molecule has 1 saturated heterocycles. The topological polar surface area (TPSA) is 46.2 Å². The Labute approximate surface area is 93.6 Å². The van der Waals surface area contributed by atoms with Crippen molar-refractivity contribution >= 4 is 9.84 Å². The van der Waals surface area contributed by atoms with Crippen molar-refractivity contribution in [1.82, 2.24) is 5.32 Å². The van der Waals surface area contributed by atoms with Crippen LogP contribution in [0.3, 0.4) is 0 Å². The van der Waals surface area contributed by atoms with Crippen LogP contribution in [0.5, 0.6) is 0 Å². The largest absolute Gasteiger partial charge is 0.309 e. The quantitative estimate of drug-likeness (QED) is 0.790. The maximum absolute atomic E-state index is 11.8. The summed E-state index contributed by atoms with van der Waals surface area (Å²) in [6.07, 6.45) is 1.41. The zero-order valence-electron chi connectivity index (χ0n) is 10.4. The Morgan fingerprint density at radius 3 is 2.13 bits per heavy atom. The first-order valence-corrected chi connectivity index (χ1v) is 7.23. The highest BCUT2D eigenvalue weighted by atomic mass is 32.2. The zero-order valence-corrected chi connectivity index (χ0v) is 11.2. The van der Waals surface area contributed by atoms with Gasteiger partial charge in [-0.05, 0) is 33.6 Å². The molecular weight excluding hydrogens is 210 g/mol. The van der Waals surface area contributed by atoms with E-state index in [0.717, 1.165) is 6.42 Å². The van der Waals surface area contributed by atoms with Crippen LogP contribution in [-0.4, -0.2) is 30.5 Å². The van der Waals surface area contributed by atoms with Gasteiger partial charge in [0, 0.05) is 11.6 Å². The van der Waals surface area contributed by atoms with Crippen LogP contribution >= 0.6 is 0 Å². The van der Waals surface area contributed by atoms with E-state index in [9.17, 15) is 8.42 Å². The molecule has 1 aliphatic heterocycles. The van der Waals surface area contributed by atoms with Crippen LogP contribution in [0.4, 0.5) is 0 Å². The van der Waals surface area contributed by atoms with Gasteiger partial charge < -0.3 is 5.32 Å². The van der Waals surface area contributed by atoms with Gasteiger partial charge in [0.1, 0.15) is 0 Å². The minimum atomic E-state index is -2.91. The minimum Gasteiger partial charge on any atom is -0.309 e. The average molecular weight is 233 g/mol. The first-order valence-electron chi connectivity index (χ1n) is 5.58. The normalized spacial score (nSPS) is 34.3. The highest BCUT2D eigenvalue weighted by Crippen LogP contribution is 2.36. The highest BCUT2D eigenvalue weighted by molar-refractivity contribution is 7.92. The molecule has 3 nitrogen and oxygen atoms in total. The van der Waals surface area contributed by atoms with Crippen LogP contribution in [0.15, 0.2) is 0 Å². The second-order valence-electron chi connectivity index (χ2n) is 5.87. The Balaban J connectivity index is 2.87. The lowest BCUT2D eigenvalue weighted by molar-refractivity contribution is 0.256. The summed E-state index contributed by atoms with van der Waals surface area (Å²) >= 11 is 0. The fraction of sp³-hybridized carbons (Fsp3) is 1.00. The fourth-order valence-corrected chi connectivity index (χ4v) is 4.40. The molecule has 15 heavy (non-hydrogen) atoms. The molecule has 0 aromatic carbocycles. The molecule has 0 radical (unpaired) electrons. The van der Waals surface area contributed by atoms with Crippen LogP contribution in [0.2, 0.25) is 0 Å². The van der Waals surface area contributed by atoms with Gasteiger partial charge in [0.15, 0.2) is 9.84 Å². The summed E-state index contributed by atoms with van der Waals surface area (Å²) < 4.78 is 23.1. The Kier molecular flexibility index (Phi) is 3.23. The van der Waals surface area contributed by atoms with Gasteiger partial charge in [0.05, 0.1) is 10.5 Å². The molecule has 1 heterocycles. The third-order valence-electron chi connectivity index (χ3n) is 3.22. The van der Waals surface area contributed by atoms with Crippen molar-refractivity contribution < 1.29 is 8.42 Å². The number of sulfone groups is 1. The molecule has 0 aromatic heterocycles. The van der Waals surface area contributed by atoms with E-state index in [1.54, 1.807) is 0 Å². The second-order valence-corrected chi connectivity index (χ2v) is 8.61. The van der Waals surface area contributed by atoms with Gasteiger partial charge in [0.25, 0.3) is 0 Å². The van der Waals surface area contributed by atoms with E-state index in [2.05, 4.69) is 26.1 Å². The van der Waals surface area contributed by atoms with Gasteiger partial charge in [-0.15, -0.1) is 0 Å². The summed E-state index contributed by atoms with van der Waals surface area (Å²) in [4.78, 5) is 0. The molecule has 1 fully saturated rings. The third-order valence-corrected chi connectivity index (χ3v) is 5.79. The van der Waals surface area contributed by atoms with Crippen LogP contribution in [-0.2, 0) is 9.84 Å². The molecule has 0 aliphatic carbocycles. The van der Waals surface area contributed by atoms with Crippen molar-refractivity contribution in [3.8, 4) is 0 Å². The van der Waals surface area contributed by atoms with Crippen molar-refractivity contribution in [2.24, 2.45) is 0 Å².